The lowest BCUT2D eigenvalue weighted by atomic mass is 10.1. The number of nitrogens with two attached hydrogens (primary N) is 1. The highest BCUT2D eigenvalue weighted by molar-refractivity contribution is 5.95. The van der Waals surface area contributed by atoms with Crippen LogP contribution < -0.4 is 21.1 Å². The second-order valence-electron chi connectivity index (χ2n) is 5.77. The maximum atomic E-state index is 12.1. The van der Waals surface area contributed by atoms with Gasteiger partial charge in [-0.25, -0.2) is 0 Å². The van der Waals surface area contributed by atoms with Gasteiger partial charge in [0.25, 0.3) is 11.8 Å². The minimum atomic E-state index is -0.561. The van der Waals surface area contributed by atoms with Crippen molar-refractivity contribution in [1.29, 1.82) is 0 Å². The van der Waals surface area contributed by atoms with E-state index in [0.29, 0.717) is 17.0 Å². The highest BCUT2D eigenvalue weighted by atomic mass is 16.5. The maximum Gasteiger partial charge on any atom is 0.255 e. The van der Waals surface area contributed by atoms with Crippen molar-refractivity contribution < 1.29 is 19.1 Å². The monoisotopic (exact) mass is 355 g/mol. The van der Waals surface area contributed by atoms with Crippen molar-refractivity contribution in [3.63, 3.8) is 0 Å². The Morgan fingerprint density at radius 3 is 2.31 bits per heavy atom. The van der Waals surface area contributed by atoms with Crippen LogP contribution in [0.15, 0.2) is 54.6 Å². The van der Waals surface area contributed by atoms with E-state index in [0.717, 1.165) is 0 Å². The van der Waals surface area contributed by atoms with Gasteiger partial charge in [0.1, 0.15) is 5.75 Å². The lowest BCUT2D eigenvalue weighted by molar-refractivity contribution is -0.120. The highest BCUT2D eigenvalue weighted by Gasteiger charge is 2.13. The molecule has 0 aliphatic rings. The van der Waals surface area contributed by atoms with E-state index in [1.807, 2.05) is 6.07 Å². The quantitative estimate of drug-likeness (QED) is 0.669. The molecule has 2 aromatic rings. The summed E-state index contributed by atoms with van der Waals surface area (Å²) >= 11 is 0. The zero-order valence-electron chi connectivity index (χ0n) is 14.4. The van der Waals surface area contributed by atoms with Crippen LogP contribution in [0.3, 0.4) is 0 Å². The van der Waals surface area contributed by atoms with E-state index in [9.17, 15) is 14.4 Å². The fourth-order valence-electron chi connectivity index (χ4n) is 2.23. The highest BCUT2D eigenvalue weighted by Crippen LogP contribution is 2.16. The molecule has 0 saturated heterocycles. The normalized spacial score (nSPS) is 11.3. The molecule has 0 radical (unpaired) electrons. The van der Waals surface area contributed by atoms with E-state index in [-0.39, 0.29) is 30.9 Å². The Morgan fingerprint density at radius 1 is 1.04 bits per heavy atom. The number of anilines is 1. The average Bonchev–Trinajstić information content (AvgIpc) is 2.61. The average molecular weight is 355 g/mol. The van der Waals surface area contributed by atoms with Gasteiger partial charge in [-0.2, -0.15) is 0 Å². The molecule has 2 rings (SSSR count). The SMILES string of the molecule is CC(CC(=O)Nc1ccc(OCC(N)=O)cc1)NC(=O)c1ccccc1. The van der Waals surface area contributed by atoms with Crippen LogP contribution in [0, 0.1) is 0 Å². The molecule has 0 spiro atoms. The second kappa shape index (κ2) is 9.22. The van der Waals surface area contributed by atoms with Crippen LogP contribution in [0.5, 0.6) is 5.75 Å². The first kappa shape index (κ1) is 19.0. The molecule has 2 aromatic carbocycles. The Balaban J connectivity index is 1.80. The molecular formula is C19H21N3O4. The zero-order chi connectivity index (χ0) is 18.9. The van der Waals surface area contributed by atoms with Crippen LogP contribution in [0.4, 0.5) is 5.69 Å². The van der Waals surface area contributed by atoms with E-state index < -0.39 is 5.91 Å². The predicted octanol–water partition coefficient (Wildman–Crippen LogP) is 1.70. The molecule has 0 saturated carbocycles. The molecule has 4 N–H and O–H groups in total. The molecule has 1 atom stereocenters. The number of benzene rings is 2. The number of hydrogen-bond acceptors (Lipinski definition) is 4. The van der Waals surface area contributed by atoms with Crippen molar-refractivity contribution in [2.75, 3.05) is 11.9 Å². The largest absolute Gasteiger partial charge is 0.484 e. The summed E-state index contributed by atoms with van der Waals surface area (Å²) in [6.45, 7) is 1.56. The first-order chi connectivity index (χ1) is 12.4. The Bertz CT molecular complexity index is 760. The van der Waals surface area contributed by atoms with Crippen LogP contribution in [-0.4, -0.2) is 30.4 Å². The topological polar surface area (TPSA) is 111 Å². The van der Waals surface area contributed by atoms with Gasteiger partial charge >= 0.3 is 0 Å². The molecule has 26 heavy (non-hydrogen) atoms. The molecule has 3 amide bonds. The molecule has 7 nitrogen and oxygen atoms in total. The fourth-order valence-corrected chi connectivity index (χ4v) is 2.23. The third-order valence-corrected chi connectivity index (χ3v) is 3.42. The van der Waals surface area contributed by atoms with Gasteiger partial charge in [-0.3, -0.25) is 14.4 Å². The number of nitrogens with one attached hydrogen (secondary N) is 2. The molecule has 0 aromatic heterocycles. The standard InChI is InChI=1S/C19H21N3O4/c1-13(21-19(25)14-5-3-2-4-6-14)11-18(24)22-15-7-9-16(10-8-15)26-12-17(20)23/h2-10,13H,11-12H2,1H3,(H2,20,23)(H,21,25)(H,22,24). The number of hydrogen-bond donors (Lipinski definition) is 3. The first-order valence-electron chi connectivity index (χ1n) is 8.11. The summed E-state index contributed by atoms with van der Waals surface area (Å²) < 4.78 is 5.14. The molecule has 136 valence electrons. The van der Waals surface area contributed by atoms with Crippen molar-refractivity contribution in [3.8, 4) is 5.75 Å². The third kappa shape index (κ3) is 6.27. The van der Waals surface area contributed by atoms with Crippen LogP contribution in [-0.2, 0) is 9.59 Å². The third-order valence-electron chi connectivity index (χ3n) is 3.42. The van der Waals surface area contributed by atoms with Gasteiger partial charge < -0.3 is 21.1 Å². The smallest absolute Gasteiger partial charge is 0.255 e. The summed E-state index contributed by atoms with van der Waals surface area (Å²) in [7, 11) is 0. The Hall–Kier alpha value is -3.35. The summed E-state index contributed by atoms with van der Waals surface area (Å²) in [4.78, 5) is 34.8. The van der Waals surface area contributed by atoms with Gasteiger partial charge in [0.15, 0.2) is 6.61 Å². The molecule has 0 aliphatic heterocycles. The number of primary amides is 1. The number of carbonyl (C=O) groups excluding carboxylic acids is 3. The van der Waals surface area contributed by atoms with Crippen LogP contribution in [0.2, 0.25) is 0 Å². The van der Waals surface area contributed by atoms with Gasteiger partial charge in [0, 0.05) is 23.7 Å². The zero-order valence-corrected chi connectivity index (χ0v) is 14.4. The Morgan fingerprint density at radius 2 is 1.69 bits per heavy atom. The summed E-state index contributed by atoms with van der Waals surface area (Å²) in [5.74, 6) is -0.530. The van der Waals surface area contributed by atoms with E-state index in [2.05, 4.69) is 10.6 Å². The number of ether oxygens (including phenoxy) is 1. The minimum absolute atomic E-state index is 0.137. The van der Waals surface area contributed by atoms with Crippen molar-refractivity contribution in [1.82, 2.24) is 5.32 Å². The number of carbonyl (C=O) groups is 3. The van der Waals surface area contributed by atoms with Crippen molar-refractivity contribution in [2.24, 2.45) is 5.73 Å². The molecule has 0 aliphatic carbocycles. The van der Waals surface area contributed by atoms with Crippen LogP contribution >= 0.6 is 0 Å². The van der Waals surface area contributed by atoms with Crippen molar-refractivity contribution in [2.45, 2.75) is 19.4 Å². The van der Waals surface area contributed by atoms with Gasteiger partial charge in [0.05, 0.1) is 0 Å². The summed E-state index contributed by atoms with van der Waals surface area (Å²) in [5.41, 5.74) is 6.14. The summed E-state index contributed by atoms with van der Waals surface area (Å²) in [5, 5.41) is 5.53. The summed E-state index contributed by atoms with van der Waals surface area (Å²) in [6.07, 6.45) is 0.137. The molecular weight excluding hydrogens is 334 g/mol. The van der Waals surface area contributed by atoms with Crippen molar-refractivity contribution in [3.05, 3.63) is 60.2 Å². The lowest BCUT2D eigenvalue weighted by Gasteiger charge is -2.14. The van der Waals surface area contributed by atoms with E-state index in [1.165, 1.54) is 0 Å². The number of rotatable bonds is 8. The molecule has 7 heteroatoms. The molecule has 0 heterocycles. The Kier molecular flexibility index (Phi) is 6.73. The van der Waals surface area contributed by atoms with Gasteiger partial charge in [0.2, 0.25) is 5.91 Å². The molecule has 0 fully saturated rings. The van der Waals surface area contributed by atoms with Crippen LogP contribution in [0.1, 0.15) is 23.7 Å². The second-order valence-corrected chi connectivity index (χ2v) is 5.77. The predicted molar refractivity (Wildman–Crippen MR) is 97.7 cm³/mol. The minimum Gasteiger partial charge on any atom is -0.484 e. The van der Waals surface area contributed by atoms with E-state index in [4.69, 9.17) is 10.5 Å². The van der Waals surface area contributed by atoms with Gasteiger partial charge in [-0.15, -0.1) is 0 Å². The van der Waals surface area contributed by atoms with E-state index >= 15 is 0 Å². The number of amides is 3. The fraction of sp³-hybridized carbons (Fsp3) is 0.211. The van der Waals surface area contributed by atoms with E-state index in [1.54, 1.807) is 55.5 Å². The lowest BCUT2D eigenvalue weighted by Crippen LogP contribution is -2.35. The van der Waals surface area contributed by atoms with Crippen LogP contribution in [0.25, 0.3) is 0 Å². The molecule has 1 unspecified atom stereocenters. The Labute approximate surface area is 151 Å². The van der Waals surface area contributed by atoms with Gasteiger partial charge in [-0.1, -0.05) is 18.2 Å². The van der Waals surface area contributed by atoms with Gasteiger partial charge in [-0.05, 0) is 43.3 Å². The first-order valence-corrected chi connectivity index (χ1v) is 8.11. The summed E-state index contributed by atoms with van der Waals surface area (Å²) in [6, 6.07) is 15.1. The van der Waals surface area contributed by atoms with Crippen molar-refractivity contribution >= 4 is 23.4 Å². The maximum absolute atomic E-state index is 12.1. The molecule has 0 bridgehead atoms.